The van der Waals surface area contributed by atoms with Crippen molar-refractivity contribution in [2.45, 2.75) is 38.6 Å². The molecule has 1 saturated heterocycles. The van der Waals surface area contributed by atoms with Crippen molar-refractivity contribution in [3.05, 3.63) is 29.8 Å². The molecule has 1 aliphatic heterocycles. The molecule has 0 aromatic heterocycles. The van der Waals surface area contributed by atoms with Gasteiger partial charge in [-0.05, 0) is 30.5 Å². The first kappa shape index (κ1) is 15.3. The van der Waals surface area contributed by atoms with Crippen molar-refractivity contribution in [3.8, 4) is 0 Å². The van der Waals surface area contributed by atoms with Gasteiger partial charge in [-0.3, -0.25) is 9.69 Å². The zero-order valence-corrected chi connectivity index (χ0v) is 13.3. The number of piperazine rings is 1. The summed E-state index contributed by atoms with van der Waals surface area (Å²) in [5.41, 5.74) is 7.83. The van der Waals surface area contributed by atoms with Crippen LogP contribution < -0.4 is 5.73 Å². The largest absolute Gasteiger partial charge is 0.399 e. The van der Waals surface area contributed by atoms with Crippen LogP contribution in [-0.2, 0) is 11.3 Å². The fraction of sp³-hybridized carbons (Fsp3) is 0.611. The number of hydrogen-bond donors (Lipinski definition) is 1. The lowest BCUT2D eigenvalue weighted by Gasteiger charge is -2.37. The predicted molar refractivity (Wildman–Crippen MR) is 89.3 cm³/mol. The van der Waals surface area contributed by atoms with E-state index in [1.54, 1.807) is 0 Å². The first-order valence-corrected chi connectivity index (χ1v) is 8.58. The highest BCUT2D eigenvalue weighted by atomic mass is 16.2. The highest BCUT2D eigenvalue weighted by Crippen LogP contribution is 2.26. The Balaban J connectivity index is 1.47. The van der Waals surface area contributed by atoms with E-state index in [4.69, 9.17) is 5.73 Å². The number of anilines is 1. The van der Waals surface area contributed by atoms with Crippen LogP contribution in [0.25, 0.3) is 0 Å². The van der Waals surface area contributed by atoms with Crippen LogP contribution in [0.15, 0.2) is 24.3 Å². The Morgan fingerprint density at radius 1 is 1.00 bits per heavy atom. The second kappa shape index (κ2) is 7.14. The van der Waals surface area contributed by atoms with Gasteiger partial charge in [0.2, 0.25) is 5.91 Å². The summed E-state index contributed by atoms with van der Waals surface area (Å²) in [6.07, 6.45) is 5.97. The van der Waals surface area contributed by atoms with Gasteiger partial charge in [-0.1, -0.05) is 31.4 Å². The Morgan fingerprint density at radius 2 is 1.64 bits per heavy atom. The maximum Gasteiger partial charge on any atom is 0.225 e. The van der Waals surface area contributed by atoms with E-state index in [0.29, 0.717) is 11.8 Å². The van der Waals surface area contributed by atoms with E-state index in [9.17, 15) is 4.79 Å². The molecule has 1 aliphatic carbocycles. The number of nitrogens with zero attached hydrogens (tertiary/aromatic N) is 2. The highest BCUT2D eigenvalue weighted by molar-refractivity contribution is 5.79. The molecule has 0 spiro atoms. The van der Waals surface area contributed by atoms with Crippen molar-refractivity contribution in [1.29, 1.82) is 0 Å². The van der Waals surface area contributed by atoms with Crippen molar-refractivity contribution >= 4 is 11.6 Å². The average Bonchev–Trinajstić information content (AvgIpc) is 2.58. The SMILES string of the molecule is Nc1ccc(CN2CCN(C(=O)C3CCCCC3)CC2)cc1. The molecule has 0 unspecified atom stereocenters. The molecule has 0 bridgehead atoms. The smallest absolute Gasteiger partial charge is 0.225 e. The van der Waals surface area contributed by atoms with Crippen LogP contribution in [-0.4, -0.2) is 41.9 Å². The minimum absolute atomic E-state index is 0.303. The van der Waals surface area contributed by atoms with E-state index in [0.717, 1.165) is 51.3 Å². The van der Waals surface area contributed by atoms with Gasteiger partial charge in [0.1, 0.15) is 0 Å². The van der Waals surface area contributed by atoms with Gasteiger partial charge >= 0.3 is 0 Å². The van der Waals surface area contributed by atoms with Crippen LogP contribution >= 0.6 is 0 Å². The number of benzene rings is 1. The zero-order valence-electron chi connectivity index (χ0n) is 13.3. The number of nitrogen functional groups attached to an aromatic ring is 1. The lowest BCUT2D eigenvalue weighted by atomic mass is 9.88. The van der Waals surface area contributed by atoms with Gasteiger partial charge in [0, 0.05) is 44.3 Å². The first-order valence-electron chi connectivity index (χ1n) is 8.58. The number of carbonyl (C=O) groups excluding carboxylic acids is 1. The van der Waals surface area contributed by atoms with E-state index in [1.807, 2.05) is 12.1 Å². The molecule has 1 aromatic rings. The number of carbonyl (C=O) groups is 1. The van der Waals surface area contributed by atoms with Crippen molar-refractivity contribution in [2.24, 2.45) is 5.92 Å². The van der Waals surface area contributed by atoms with Crippen molar-refractivity contribution in [1.82, 2.24) is 9.80 Å². The molecule has 2 N–H and O–H groups in total. The molecule has 1 amide bonds. The maximum absolute atomic E-state index is 12.5. The van der Waals surface area contributed by atoms with Gasteiger partial charge in [-0.15, -0.1) is 0 Å². The van der Waals surface area contributed by atoms with Crippen molar-refractivity contribution in [3.63, 3.8) is 0 Å². The Bertz CT molecular complexity index is 486. The molecule has 4 heteroatoms. The Hall–Kier alpha value is -1.55. The number of hydrogen-bond acceptors (Lipinski definition) is 3. The molecular formula is C18H27N3O. The van der Waals surface area contributed by atoms with Crippen molar-refractivity contribution in [2.75, 3.05) is 31.9 Å². The summed E-state index contributed by atoms with van der Waals surface area (Å²) < 4.78 is 0. The topological polar surface area (TPSA) is 49.6 Å². The third kappa shape index (κ3) is 3.80. The molecule has 0 radical (unpaired) electrons. The van der Waals surface area contributed by atoms with Crippen LogP contribution in [0.2, 0.25) is 0 Å². The van der Waals surface area contributed by atoms with Gasteiger partial charge in [-0.2, -0.15) is 0 Å². The average molecular weight is 301 g/mol. The molecule has 4 nitrogen and oxygen atoms in total. The Morgan fingerprint density at radius 3 is 2.27 bits per heavy atom. The molecule has 2 fully saturated rings. The van der Waals surface area contributed by atoms with Crippen LogP contribution in [0.4, 0.5) is 5.69 Å². The third-order valence-electron chi connectivity index (χ3n) is 5.02. The van der Waals surface area contributed by atoms with Crippen LogP contribution in [0, 0.1) is 5.92 Å². The zero-order chi connectivity index (χ0) is 15.4. The summed E-state index contributed by atoms with van der Waals surface area (Å²) in [7, 11) is 0. The van der Waals surface area contributed by atoms with E-state index in [1.165, 1.54) is 24.8 Å². The quantitative estimate of drug-likeness (QED) is 0.873. The van der Waals surface area contributed by atoms with E-state index >= 15 is 0 Å². The van der Waals surface area contributed by atoms with Gasteiger partial charge in [0.25, 0.3) is 0 Å². The van der Waals surface area contributed by atoms with E-state index < -0.39 is 0 Å². The van der Waals surface area contributed by atoms with E-state index in [-0.39, 0.29) is 0 Å². The lowest BCUT2D eigenvalue weighted by Crippen LogP contribution is -2.50. The minimum Gasteiger partial charge on any atom is -0.399 e. The van der Waals surface area contributed by atoms with Gasteiger partial charge < -0.3 is 10.6 Å². The monoisotopic (exact) mass is 301 g/mol. The van der Waals surface area contributed by atoms with Crippen LogP contribution in [0.3, 0.4) is 0 Å². The standard InChI is InChI=1S/C18H27N3O/c19-17-8-6-15(7-9-17)14-20-10-12-21(13-11-20)18(22)16-4-2-1-3-5-16/h6-9,16H,1-5,10-14,19H2. The van der Waals surface area contributed by atoms with Gasteiger partial charge in [-0.25, -0.2) is 0 Å². The fourth-order valence-electron chi connectivity index (χ4n) is 3.62. The third-order valence-corrected chi connectivity index (χ3v) is 5.02. The molecule has 1 heterocycles. The van der Waals surface area contributed by atoms with Crippen molar-refractivity contribution < 1.29 is 4.79 Å². The summed E-state index contributed by atoms with van der Waals surface area (Å²) in [6.45, 7) is 4.66. The molecule has 3 rings (SSSR count). The van der Waals surface area contributed by atoms with Gasteiger partial charge in [0.15, 0.2) is 0 Å². The molecule has 1 aromatic carbocycles. The van der Waals surface area contributed by atoms with Crippen LogP contribution in [0.5, 0.6) is 0 Å². The Labute approximate surface area is 133 Å². The number of amides is 1. The highest BCUT2D eigenvalue weighted by Gasteiger charge is 2.28. The first-order chi connectivity index (χ1) is 10.7. The van der Waals surface area contributed by atoms with Crippen LogP contribution in [0.1, 0.15) is 37.7 Å². The number of rotatable bonds is 3. The summed E-state index contributed by atoms with van der Waals surface area (Å²) in [4.78, 5) is 17.1. The molecule has 120 valence electrons. The number of nitrogens with two attached hydrogens (primary N) is 1. The second-order valence-electron chi connectivity index (χ2n) is 6.68. The lowest BCUT2D eigenvalue weighted by molar-refractivity contribution is -0.138. The molecular weight excluding hydrogens is 274 g/mol. The summed E-state index contributed by atoms with van der Waals surface area (Å²) in [5.74, 6) is 0.712. The summed E-state index contributed by atoms with van der Waals surface area (Å²) >= 11 is 0. The normalized spacial score (nSPS) is 21.0. The fourth-order valence-corrected chi connectivity index (χ4v) is 3.62. The molecule has 2 aliphatic rings. The van der Waals surface area contributed by atoms with Gasteiger partial charge in [0.05, 0.1) is 0 Å². The minimum atomic E-state index is 0.303. The molecule has 0 atom stereocenters. The summed E-state index contributed by atoms with van der Waals surface area (Å²) in [6, 6.07) is 8.10. The maximum atomic E-state index is 12.5. The summed E-state index contributed by atoms with van der Waals surface area (Å²) in [5, 5.41) is 0. The van der Waals surface area contributed by atoms with E-state index in [2.05, 4.69) is 21.9 Å². The molecule has 1 saturated carbocycles. The molecule has 22 heavy (non-hydrogen) atoms. The predicted octanol–water partition coefficient (Wildman–Crippen LogP) is 2.49. The Kier molecular flexibility index (Phi) is 4.98. The second-order valence-corrected chi connectivity index (χ2v) is 6.68.